The molecule has 4 heteroatoms. The number of nitriles is 1. The van der Waals surface area contributed by atoms with Crippen molar-refractivity contribution in [1.29, 1.82) is 5.26 Å². The second-order valence-corrected chi connectivity index (χ2v) is 5.49. The Bertz CT molecular complexity index is 371. The molecule has 1 unspecified atom stereocenters. The Balaban J connectivity index is 1.98. The van der Waals surface area contributed by atoms with Gasteiger partial charge in [0.1, 0.15) is 10.6 Å². The number of rotatable bonds is 3. The fourth-order valence-corrected chi connectivity index (χ4v) is 3.27. The predicted molar refractivity (Wildman–Crippen MR) is 61.6 cm³/mol. The summed E-state index contributed by atoms with van der Waals surface area (Å²) in [4.78, 5) is 4.29. The molecule has 0 N–H and O–H groups in total. The van der Waals surface area contributed by atoms with Gasteiger partial charge >= 0.3 is 0 Å². The van der Waals surface area contributed by atoms with Crippen LogP contribution in [-0.4, -0.2) is 20.1 Å². The molecule has 0 radical (unpaired) electrons. The van der Waals surface area contributed by atoms with Crippen LogP contribution in [0.1, 0.15) is 25.1 Å². The summed E-state index contributed by atoms with van der Waals surface area (Å²) in [6, 6.07) is 2.49. The molecule has 0 saturated carbocycles. The standard InChI is InChI=1S/C11H15N3S/c1-14-7-6-13-10(14)3-5-11(9-12)4-2-8-15-11/h6-7H,2-5,8H2,1H3. The molecule has 2 rings (SSSR count). The van der Waals surface area contributed by atoms with E-state index in [-0.39, 0.29) is 4.75 Å². The maximum absolute atomic E-state index is 9.22. The first-order valence-electron chi connectivity index (χ1n) is 5.27. The molecule has 1 aliphatic heterocycles. The lowest BCUT2D eigenvalue weighted by Gasteiger charge is -2.18. The van der Waals surface area contributed by atoms with Gasteiger partial charge in [0.15, 0.2) is 0 Å². The molecule has 2 heterocycles. The van der Waals surface area contributed by atoms with Gasteiger partial charge in [0.25, 0.3) is 0 Å². The number of thioether (sulfide) groups is 1. The number of imidazole rings is 1. The summed E-state index contributed by atoms with van der Waals surface area (Å²) in [5, 5.41) is 9.22. The van der Waals surface area contributed by atoms with Gasteiger partial charge in [0.2, 0.25) is 0 Å². The third-order valence-electron chi connectivity index (χ3n) is 2.98. The van der Waals surface area contributed by atoms with Gasteiger partial charge in [0, 0.05) is 25.9 Å². The van der Waals surface area contributed by atoms with E-state index in [1.165, 1.54) is 6.42 Å². The lowest BCUT2D eigenvalue weighted by atomic mass is 9.99. The molecule has 1 saturated heterocycles. The summed E-state index contributed by atoms with van der Waals surface area (Å²) in [7, 11) is 2.00. The minimum Gasteiger partial charge on any atom is -0.338 e. The highest BCUT2D eigenvalue weighted by atomic mass is 32.2. The Hall–Kier alpha value is -0.950. The zero-order valence-electron chi connectivity index (χ0n) is 8.94. The van der Waals surface area contributed by atoms with E-state index in [0.717, 1.165) is 30.8 Å². The van der Waals surface area contributed by atoms with Crippen LogP contribution >= 0.6 is 11.8 Å². The van der Waals surface area contributed by atoms with Crippen molar-refractivity contribution in [2.75, 3.05) is 5.75 Å². The minimum absolute atomic E-state index is 0.133. The van der Waals surface area contributed by atoms with Crippen LogP contribution in [-0.2, 0) is 13.5 Å². The summed E-state index contributed by atoms with van der Waals surface area (Å²) < 4.78 is 1.90. The highest BCUT2D eigenvalue weighted by Gasteiger charge is 2.34. The van der Waals surface area contributed by atoms with Crippen LogP contribution in [0.4, 0.5) is 0 Å². The molecule has 1 aliphatic rings. The Morgan fingerprint density at radius 2 is 2.60 bits per heavy atom. The SMILES string of the molecule is Cn1ccnc1CCC1(C#N)CCCS1. The van der Waals surface area contributed by atoms with Gasteiger partial charge in [0.05, 0.1) is 6.07 Å². The molecule has 1 atom stereocenters. The first kappa shape index (κ1) is 10.6. The third kappa shape index (κ3) is 2.18. The van der Waals surface area contributed by atoms with Crippen molar-refractivity contribution in [2.45, 2.75) is 30.4 Å². The third-order valence-corrected chi connectivity index (χ3v) is 4.53. The molecular formula is C11H15N3S. The van der Waals surface area contributed by atoms with Crippen LogP contribution in [0.3, 0.4) is 0 Å². The van der Waals surface area contributed by atoms with Gasteiger partial charge in [-0.3, -0.25) is 0 Å². The number of nitrogens with zero attached hydrogens (tertiary/aromatic N) is 3. The van der Waals surface area contributed by atoms with Crippen LogP contribution < -0.4 is 0 Å². The second-order valence-electron chi connectivity index (χ2n) is 4.01. The van der Waals surface area contributed by atoms with Gasteiger partial charge in [-0.15, -0.1) is 11.8 Å². The Morgan fingerprint density at radius 1 is 1.73 bits per heavy atom. The Morgan fingerprint density at radius 3 is 3.13 bits per heavy atom. The van der Waals surface area contributed by atoms with Crippen LogP contribution in [0, 0.1) is 11.3 Å². The molecule has 80 valence electrons. The van der Waals surface area contributed by atoms with Crippen LogP contribution in [0.25, 0.3) is 0 Å². The predicted octanol–water partition coefficient (Wildman–Crippen LogP) is 2.14. The molecule has 1 fully saturated rings. The maximum atomic E-state index is 9.22. The number of aromatic nitrogens is 2. The highest BCUT2D eigenvalue weighted by molar-refractivity contribution is 8.01. The van der Waals surface area contributed by atoms with Crippen molar-refractivity contribution >= 4 is 11.8 Å². The van der Waals surface area contributed by atoms with Crippen molar-refractivity contribution in [3.8, 4) is 6.07 Å². The van der Waals surface area contributed by atoms with E-state index < -0.39 is 0 Å². The van der Waals surface area contributed by atoms with E-state index in [1.807, 2.05) is 35.8 Å². The molecule has 0 aliphatic carbocycles. The Labute approximate surface area is 94.5 Å². The lowest BCUT2D eigenvalue weighted by Crippen LogP contribution is -2.19. The van der Waals surface area contributed by atoms with Crippen molar-refractivity contribution in [1.82, 2.24) is 9.55 Å². The van der Waals surface area contributed by atoms with Gasteiger partial charge in [-0.25, -0.2) is 4.98 Å². The number of hydrogen-bond donors (Lipinski definition) is 0. The van der Waals surface area contributed by atoms with Crippen molar-refractivity contribution < 1.29 is 0 Å². The highest BCUT2D eigenvalue weighted by Crippen LogP contribution is 2.40. The quantitative estimate of drug-likeness (QED) is 0.785. The normalized spacial score (nSPS) is 25.3. The molecule has 0 bridgehead atoms. The first-order valence-corrected chi connectivity index (χ1v) is 6.26. The van der Waals surface area contributed by atoms with Crippen molar-refractivity contribution in [3.63, 3.8) is 0 Å². The van der Waals surface area contributed by atoms with Crippen LogP contribution in [0.2, 0.25) is 0 Å². The first-order chi connectivity index (χ1) is 7.26. The van der Waals surface area contributed by atoms with Gasteiger partial charge in [-0.1, -0.05) is 0 Å². The molecule has 15 heavy (non-hydrogen) atoms. The van der Waals surface area contributed by atoms with E-state index >= 15 is 0 Å². The molecule has 3 nitrogen and oxygen atoms in total. The zero-order chi connectivity index (χ0) is 10.7. The molecular weight excluding hydrogens is 206 g/mol. The summed E-state index contributed by atoms with van der Waals surface area (Å²) in [6.07, 6.45) is 7.83. The van der Waals surface area contributed by atoms with Gasteiger partial charge in [-0.05, 0) is 25.0 Å². The van der Waals surface area contributed by atoms with Crippen LogP contribution in [0.15, 0.2) is 12.4 Å². The minimum atomic E-state index is -0.133. The molecule has 0 aromatic carbocycles. The summed E-state index contributed by atoms with van der Waals surface area (Å²) in [5.41, 5.74) is 0. The summed E-state index contributed by atoms with van der Waals surface area (Å²) in [5.74, 6) is 2.21. The van der Waals surface area contributed by atoms with Gasteiger partial charge < -0.3 is 4.57 Å². The monoisotopic (exact) mass is 221 g/mol. The number of hydrogen-bond acceptors (Lipinski definition) is 3. The molecule has 1 aromatic rings. The van der Waals surface area contributed by atoms with E-state index in [1.54, 1.807) is 0 Å². The fourth-order valence-electron chi connectivity index (χ4n) is 1.99. The second kappa shape index (κ2) is 4.28. The Kier molecular flexibility index (Phi) is 3.01. The van der Waals surface area contributed by atoms with Crippen LogP contribution in [0.5, 0.6) is 0 Å². The summed E-state index contributed by atoms with van der Waals surface area (Å²) in [6.45, 7) is 0. The van der Waals surface area contributed by atoms with E-state index in [2.05, 4.69) is 11.1 Å². The number of aryl methyl sites for hydroxylation is 2. The molecule has 1 aromatic heterocycles. The lowest BCUT2D eigenvalue weighted by molar-refractivity contribution is 0.599. The van der Waals surface area contributed by atoms with Crippen molar-refractivity contribution in [2.24, 2.45) is 7.05 Å². The smallest absolute Gasteiger partial charge is 0.108 e. The van der Waals surface area contributed by atoms with Gasteiger partial charge in [-0.2, -0.15) is 5.26 Å². The molecule has 0 spiro atoms. The maximum Gasteiger partial charge on any atom is 0.108 e. The van der Waals surface area contributed by atoms with Crippen molar-refractivity contribution in [3.05, 3.63) is 18.2 Å². The topological polar surface area (TPSA) is 41.6 Å². The average Bonchev–Trinajstić information content (AvgIpc) is 2.85. The summed E-state index contributed by atoms with van der Waals surface area (Å²) >= 11 is 1.82. The van der Waals surface area contributed by atoms with E-state index in [0.29, 0.717) is 0 Å². The van der Waals surface area contributed by atoms with E-state index in [4.69, 9.17) is 0 Å². The largest absolute Gasteiger partial charge is 0.338 e. The fraction of sp³-hybridized carbons (Fsp3) is 0.636. The zero-order valence-corrected chi connectivity index (χ0v) is 9.76. The average molecular weight is 221 g/mol. The van der Waals surface area contributed by atoms with E-state index in [9.17, 15) is 5.26 Å². The molecule has 0 amide bonds.